The van der Waals surface area contributed by atoms with Gasteiger partial charge in [-0.15, -0.1) is 5.10 Å². The zero-order valence-electron chi connectivity index (χ0n) is 11.6. The number of ether oxygens (including phenoxy) is 1. The average molecular weight is 269 g/mol. The third-order valence-electron chi connectivity index (χ3n) is 2.57. The summed E-state index contributed by atoms with van der Waals surface area (Å²) >= 11 is 0. The predicted molar refractivity (Wildman–Crippen MR) is 66.1 cm³/mol. The maximum absolute atomic E-state index is 11.6. The van der Waals surface area contributed by atoms with E-state index >= 15 is 0 Å². The molecule has 7 heteroatoms. The minimum atomic E-state index is -0.889. The van der Waals surface area contributed by atoms with Gasteiger partial charge in [-0.2, -0.15) is 0 Å². The first-order valence-electron chi connectivity index (χ1n) is 5.99. The molecule has 19 heavy (non-hydrogen) atoms. The van der Waals surface area contributed by atoms with Crippen LogP contribution < -0.4 is 0 Å². The molecule has 106 valence electrons. The van der Waals surface area contributed by atoms with E-state index in [1.807, 2.05) is 0 Å². The summed E-state index contributed by atoms with van der Waals surface area (Å²) in [6, 6.07) is 0. The van der Waals surface area contributed by atoms with Crippen molar-refractivity contribution in [3.63, 3.8) is 0 Å². The molecule has 0 saturated heterocycles. The van der Waals surface area contributed by atoms with E-state index in [4.69, 9.17) is 9.84 Å². The van der Waals surface area contributed by atoms with Gasteiger partial charge >= 0.3 is 11.9 Å². The summed E-state index contributed by atoms with van der Waals surface area (Å²) in [7, 11) is 0. The largest absolute Gasteiger partial charge is 0.481 e. The van der Waals surface area contributed by atoms with Crippen LogP contribution in [-0.2, 0) is 27.5 Å². The molecular formula is C12H19N3O4. The fraction of sp³-hybridized carbons (Fsp3) is 0.667. The zero-order valence-corrected chi connectivity index (χ0v) is 11.6. The number of nitrogens with zero attached hydrogens (tertiary/aromatic N) is 3. The quantitative estimate of drug-likeness (QED) is 0.804. The van der Waals surface area contributed by atoms with E-state index in [1.165, 1.54) is 10.9 Å². The van der Waals surface area contributed by atoms with Gasteiger partial charge in [0.1, 0.15) is 0 Å². The number of carbonyl (C=O) groups excluding carboxylic acids is 1. The van der Waals surface area contributed by atoms with E-state index in [9.17, 15) is 9.59 Å². The molecule has 0 bridgehead atoms. The average Bonchev–Trinajstić information content (AvgIpc) is 2.71. The molecule has 0 radical (unpaired) electrons. The summed E-state index contributed by atoms with van der Waals surface area (Å²) in [5.74, 6) is -1.78. The second-order valence-electron chi connectivity index (χ2n) is 5.48. The van der Waals surface area contributed by atoms with E-state index in [-0.39, 0.29) is 19.1 Å². The fourth-order valence-electron chi connectivity index (χ4n) is 1.28. The van der Waals surface area contributed by atoms with Gasteiger partial charge < -0.3 is 9.84 Å². The molecule has 0 fully saturated rings. The van der Waals surface area contributed by atoms with Crippen molar-refractivity contribution in [2.45, 2.75) is 40.8 Å². The van der Waals surface area contributed by atoms with Gasteiger partial charge in [0.05, 0.1) is 23.2 Å². The third kappa shape index (κ3) is 4.35. The molecule has 1 atom stereocenters. The number of hydrogen-bond acceptors (Lipinski definition) is 5. The Morgan fingerprint density at radius 2 is 2.11 bits per heavy atom. The summed E-state index contributed by atoms with van der Waals surface area (Å²) in [4.78, 5) is 22.4. The van der Waals surface area contributed by atoms with Crippen molar-refractivity contribution < 1.29 is 19.4 Å². The Kier molecular flexibility index (Phi) is 4.63. The first-order chi connectivity index (χ1) is 8.71. The van der Waals surface area contributed by atoms with Gasteiger partial charge in [0.2, 0.25) is 0 Å². The first-order valence-corrected chi connectivity index (χ1v) is 5.99. The lowest BCUT2D eigenvalue weighted by Gasteiger charge is -2.17. The number of carbonyl (C=O) groups is 2. The minimum absolute atomic E-state index is 0.0578. The lowest BCUT2D eigenvalue weighted by Crippen LogP contribution is -2.25. The monoisotopic (exact) mass is 269 g/mol. The maximum Gasteiger partial charge on any atom is 0.313 e. The smallest absolute Gasteiger partial charge is 0.313 e. The third-order valence-corrected chi connectivity index (χ3v) is 2.57. The van der Waals surface area contributed by atoms with E-state index in [0.717, 1.165) is 0 Å². The van der Waals surface area contributed by atoms with Crippen LogP contribution in [0.15, 0.2) is 6.20 Å². The minimum Gasteiger partial charge on any atom is -0.481 e. The standard InChI is InChI=1S/C12H19N3O4/c1-8(10(16)17)5-9-6-13-14-15(9)7-19-11(18)12(2,3)4/h6,8H,5,7H2,1-4H3,(H,16,17). The van der Waals surface area contributed by atoms with Crippen LogP contribution in [0.5, 0.6) is 0 Å². The van der Waals surface area contributed by atoms with Crippen molar-refractivity contribution in [2.24, 2.45) is 11.3 Å². The number of aliphatic carboxylic acids is 1. The maximum atomic E-state index is 11.6. The Labute approximate surface area is 111 Å². The predicted octanol–water partition coefficient (Wildman–Crippen LogP) is 1.09. The van der Waals surface area contributed by atoms with Crippen molar-refractivity contribution in [2.75, 3.05) is 0 Å². The summed E-state index contributed by atoms with van der Waals surface area (Å²) in [6.45, 7) is 6.80. The zero-order chi connectivity index (χ0) is 14.6. The van der Waals surface area contributed by atoms with Crippen molar-refractivity contribution in [3.8, 4) is 0 Å². The number of rotatable bonds is 5. The van der Waals surface area contributed by atoms with Crippen LogP contribution in [0.25, 0.3) is 0 Å². The Morgan fingerprint density at radius 3 is 2.63 bits per heavy atom. The van der Waals surface area contributed by atoms with Gasteiger partial charge in [-0.1, -0.05) is 12.1 Å². The Morgan fingerprint density at radius 1 is 1.47 bits per heavy atom. The van der Waals surface area contributed by atoms with E-state index in [0.29, 0.717) is 5.69 Å². The van der Waals surface area contributed by atoms with Gasteiger partial charge in [-0.25, -0.2) is 4.68 Å². The summed E-state index contributed by atoms with van der Waals surface area (Å²) in [5, 5.41) is 16.3. The second kappa shape index (κ2) is 5.81. The molecule has 1 N–H and O–H groups in total. The van der Waals surface area contributed by atoms with Gasteiger partial charge in [0.15, 0.2) is 6.73 Å². The Hall–Kier alpha value is -1.92. The Bertz CT molecular complexity index is 462. The molecule has 0 saturated carbocycles. The Balaban J connectivity index is 2.63. The first kappa shape index (κ1) is 15.1. The van der Waals surface area contributed by atoms with Crippen LogP contribution in [0.3, 0.4) is 0 Å². The van der Waals surface area contributed by atoms with Crippen LogP contribution in [0.4, 0.5) is 0 Å². The second-order valence-corrected chi connectivity index (χ2v) is 5.48. The SMILES string of the molecule is CC(Cc1cnnn1COC(=O)C(C)(C)C)C(=O)O. The topological polar surface area (TPSA) is 94.3 Å². The summed E-state index contributed by atoms with van der Waals surface area (Å²) in [6.07, 6.45) is 1.76. The highest BCUT2D eigenvalue weighted by Crippen LogP contribution is 2.15. The van der Waals surface area contributed by atoms with E-state index in [2.05, 4.69) is 10.3 Å². The molecular weight excluding hydrogens is 250 g/mol. The molecule has 0 spiro atoms. The molecule has 1 unspecified atom stereocenters. The lowest BCUT2D eigenvalue weighted by molar-refractivity contribution is -0.157. The molecule has 1 rings (SSSR count). The van der Waals surface area contributed by atoms with Gasteiger partial charge in [-0.05, 0) is 20.8 Å². The van der Waals surface area contributed by atoms with Crippen LogP contribution in [-0.4, -0.2) is 32.0 Å². The van der Waals surface area contributed by atoms with Crippen molar-refractivity contribution >= 4 is 11.9 Å². The molecule has 0 aliphatic carbocycles. The number of aromatic nitrogens is 3. The molecule has 7 nitrogen and oxygen atoms in total. The molecule has 0 aliphatic heterocycles. The fourth-order valence-corrected chi connectivity index (χ4v) is 1.28. The van der Waals surface area contributed by atoms with Crippen LogP contribution in [0, 0.1) is 11.3 Å². The highest BCUT2D eigenvalue weighted by Gasteiger charge is 2.23. The molecule has 0 aromatic carbocycles. The molecule has 1 aromatic rings. The van der Waals surface area contributed by atoms with Gasteiger partial charge in [0.25, 0.3) is 0 Å². The molecule has 1 aromatic heterocycles. The molecule has 0 aliphatic rings. The summed E-state index contributed by atoms with van der Waals surface area (Å²) < 4.78 is 6.50. The number of esters is 1. The number of carboxylic acid groups (broad SMARTS) is 1. The van der Waals surface area contributed by atoms with Gasteiger partial charge in [0, 0.05) is 6.42 Å². The summed E-state index contributed by atoms with van der Waals surface area (Å²) in [5.41, 5.74) is 0.0337. The lowest BCUT2D eigenvalue weighted by atomic mass is 9.98. The molecule has 1 heterocycles. The number of carboxylic acids is 1. The van der Waals surface area contributed by atoms with Crippen LogP contribution in [0.1, 0.15) is 33.4 Å². The highest BCUT2D eigenvalue weighted by atomic mass is 16.5. The van der Waals surface area contributed by atoms with Crippen molar-refractivity contribution in [1.29, 1.82) is 0 Å². The van der Waals surface area contributed by atoms with E-state index in [1.54, 1.807) is 27.7 Å². The molecule has 0 amide bonds. The number of hydrogen-bond donors (Lipinski definition) is 1. The van der Waals surface area contributed by atoms with Crippen molar-refractivity contribution in [3.05, 3.63) is 11.9 Å². The van der Waals surface area contributed by atoms with Gasteiger partial charge in [-0.3, -0.25) is 9.59 Å². The van der Waals surface area contributed by atoms with Crippen LogP contribution >= 0.6 is 0 Å². The van der Waals surface area contributed by atoms with Crippen molar-refractivity contribution in [1.82, 2.24) is 15.0 Å². The van der Waals surface area contributed by atoms with E-state index < -0.39 is 17.3 Å². The normalized spacial score (nSPS) is 13.1. The van der Waals surface area contributed by atoms with Crippen LogP contribution in [0.2, 0.25) is 0 Å². The highest BCUT2D eigenvalue weighted by molar-refractivity contribution is 5.75.